The summed E-state index contributed by atoms with van der Waals surface area (Å²) in [7, 11) is 1.92. The number of likely N-dealkylation sites (N-methyl/N-ethyl adjacent to an activating group) is 1. The summed E-state index contributed by atoms with van der Waals surface area (Å²) in [6.07, 6.45) is 11.5. The first-order valence-electron chi connectivity index (χ1n) is 7.17. The highest BCUT2D eigenvalue weighted by Crippen LogP contribution is 2.31. The van der Waals surface area contributed by atoms with Gasteiger partial charge in [-0.15, -0.1) is 0 Å². The third-order valence-electron chi connectivity index (χ3n) is 4.16. The Hall–Kier alpha value is -1.05. The van der Waals surface area contributed by atoms with Gasteiger partial charge in [0.15, 0.2) is 0 Å². The molecule has 2 atom stereocenters. The Bertz CT molecular complexity index is 365. The van der Waals surface area contributed by atoms with Crippen LogP contribution in [0.15, 0.2) is 23.8 Å². The predicted octanol–water partition coefficient (Wildman–Crippen LogP) is 3.40. The molecule has 100 valence electrons. The Morgan fingerprint density at radius 2 is 2.17 bits per heavy atom. The Morgan fingerprint density at radius 3 is 2.78 bits per heavy atom. The number of allylic oxidation sites excluding steroid dienone is 3. The summed E-state index contributed by atoms with van der Waals surface area (Å²) in [5, 5.41) is 0. The second-order valence-corrected chi connectivity index (χ2v) is 6.00. The molecule has 2 rings (SSSR count). The minimum atomic E-state index is 0.326. The highest BCUT2D eigenvalue weighted by molar-refractivity contribution is 5.80. The summed E-state index contributed by atoms with van der Waals surface area (Å²) in [5.41, 5.74) is 1.52. The number of nitrogens with zero attached hydrogens (tertiary/aromatic N) is 1. The summed E-state index contributed by atoms with van der Waals surface area (Å²) in [6, 6.07) is 0. The lowest BCUT2D eigenvalue weighted by Crippen LogP contribution is -2.28. The van der Waals surface area contributed by atoms with Gasteiger partial charge in [-0.2, -0.15) is 0 Å². The van der Waals surface area contributed by atoms with Gasteiger partial charge in [-0.25, -0.2) is 0 Å². The van der Waals surface area contributed by atoms with Crippen LogP contribution in [-0.4, -0.2) is 24.4 Å². The zero-order valence-corrected chi connectivity index (χ0v) is 11.9. The molecule has 0 radical (unpaired) electrons. The normalized spacial score (nSPS) is 28.3. The smallest absolute Gasteiger partial charge is 0.225 e. The largest absolute Gasteiger partial charge is 0.342 e. The molecule has 0 aliphatic heterocycles. The minimum Gasteiger partial charge on any atom is -0.342 e. The molecule has 0 aromatic heterocycles. The molecule has 0 spiro atoms. The van der Waals surface area contributed by atoms with Crippen LogP contribution in [0.1, 0.15) is 39.5 Å². The molecule has 18 heavy (non-hydrogen) atoms. The molecular formula is C16H25NO. The third kappa shape index (κ3) is 3.47. The van der Waals surface area contributed by atoms with Crippen LogP contribution in [0.5, 0.6) is 0 Å². The number of hydrogen-bond donors (Lipinski definition) is 0. The van der Waals surface area contributed by atoms with Gasteiger partial charge in [-0.1, -0.05) is 30.7 Å². The van der Waals surface area contributed by atoms with Crippen LogP contribution in [-0.2, 0) is 4.79 Å². The van der Waals surface area contributed by atoms with E-state index in [2.05, 4.69) is 32.1 Å². The van der Waals surface area contributed by atoms with E-state index in [0.717, 1.165) is 19.4 Å². The maximum absolute atomic E-state index is 11.8. The van der Waals surface area contributed by atoms with Gasteiger partial charge in [0.25, 0.3) is 0 Å². The van der Waals surface area contributed by atoms with Crippen molar-refractivity contribution in [2.45, 2.75) is 39.5 Å². The fourth-order valence-electron chi connectivity index (χ4n) is 2.71. The molecule has 0 heterocycles. The van der Waals surface area contributed by atoms with Crippen molar-refractivity contribution >= 4 is 5.91 Å². The average Bonchev–Trinajstić information content (AvgIpc) is 3.15. The van der Waals surface area contributed by atoms with Crippen LogP contribution in [0.25, 0.3) is 0 Å². The van der Waals surface area contributed by atoms with E-state index in [-0.39, 0.29) is 0 Å². The minimum absolute atomic E-state index is 0.326. The first-order chi connectivity index (χ1) is 8.58. The summed E-state index contributed by atoms with van der Waals surface area (Å²) in [5.74, 6) is 1.95. The summed E-state index contributed by atoms with van der Waals surface area (Å²) in [4.78, 5) is 13.6. The number of carbonyl (C=O) groups excluding carboxylic acids is 1. The van der Waals surface area contributed by atoms with Gasteiger partial charge in [0.1, 0.15) is 0 Å². The molecule has 0 aromatic carbocycles. The van der Waals surface area contributed by atoms with Crippen molar-refractivity contribution in [1.82, 2.24) is 4.90 Å². The van der Waals surface area contributed by atoms with E-state index >= 15 is 0 Å². The highest BCUT2D eigenvalue weighted by Gasteiger charge is 2.31. The molecule has 1 fully saturated rings. The van der Waals surface area contributed by atoms with E-state index in [1.165, 1.54) is 18.4 Å². The van der Waals surface area contributed by atoms with E-state index in [4.69, 9.17) is 0 Å². The van der Waals surface area contributed by atoms with Crippen molar-refractivity contribution in [1.29, 1.82) is 0 Å². The van der Waals surface area contributed by atoms with Crippen molar-refractivity contribution < 1.29 is 4.79 Å². The predicted molar refractivity (Wildman–Crippen MR) is 75.1 cm³/mol. The fourth-order valence-corrected chi connectivity index (χ4v) is 2.71. The number of amides is 1. The maximum atomic E-state index is 11.8. The van der Waals surface area contributed by atoms with Crippen molar-refractivity contribution in [3.05, 3.63) is 23.8 Å². The van der Waals surface area contributed by atoms with Gasteiger partial charge in [-0.05, 0) is 44.4 Å². The molecule has 1 saturated carbocycles. The zero-order chi connectivity index (χ0) is 13.1. The molecule has 2 aliphatic rings. The van der Waals surface area contributed by atoms with Crippen molar-refractivity contribution in [2.75, 3.05) is 13.6 Å². The van der Waals surface area contributed by atoms with Crippen LogP contribution < -0.4 is 0 Å². The van der Waals surface area contributed by atoms with E-state index < -0.39 is 0 Å². The Balaban J connectivity index is 1.78. The Morgan fingerprint density at radius 1 is 1.44 bits per heavy atom. The van der Waals surface area contributed by atoms with E-state index in [0.29, 0.717) is 23.7 Å². The van der Waals surface area contributed by atoms with Crippen LogP contribution in [0.2, 0.25) is 0 Å². The monoisotopic (exact) mass is 247 g/mol. The Kier molecular flexibility index (Phi) is 4.26. The lowest BCUT2D eigenvalue weighted by Gasteiger charge is -2.24. The lowest BCUT2D eigenvalue weighted by molar-refractivity contribution is -0.130. The van der Waals surface area contributed by atoms with E-state index in [1.807, 2.05) is 11.9 Å². The van der Waals surface area contributed by atoms with Crippen molar-refractivity contribution in [3.63, 3.8) is 0 Å². The molecular weight excluding hydrogens is 222 g/mol. The van der Waals surface area contributed by atoms with Gasteiger partial charge in [0.2, 0.25) is 5.91 Å². The first kappa shape index (κ1) is 13.4. The van der Waals surface area contributed by atoms with E-state index in [9.17, 15) is 4.79 Å². The van der Waals surface area contributed by atoms with Gasteiger partial charge in [-0.3, -0.25) is 4.79 Å². The third-order valence-corrected chi connectivity index (χ3v) is 4.16. The molecule has 0 aromatic rings. The summed E-state index contributed by atoms with van der Waals surface area (Å²) < 4.78 is 0. The number of hydrogen-bond acceptors (Lipinski definition) is 1. The van der Waals surface area contributed by atoms with E-state index in [1.54, 1.807) is 0 Å². The van der Waals surface area contributed by atoms with Crippen LogP contribution in [0.4, 0.5) is 0 Å². The molecule has 0 saturated heterocycles. The maximum Gasteiger partial charge on any atom is 0.225 e. The Labute approximate surface area is 111 Å². The number of rotatable bonds is 4. The van der Waals surface area contributed by atoms with Crippen LogP contribution in [0, 0.1) is 17.8 Å². The molecule has 1 amide bonds. The van der Waals surface area contributed by atoms with Gasteiger partial charge >= 0.3 is 0 Å². The molecule has 0 N–H and O–H groups in total. The molecule has 2 unspecified atom stereocenters. The van der Waals surface area contributed by atoms with Crippen molar-refractivity contribution in [2.24, 2.45) is 17.8 Å². The molecule has 2 aliphatic carbocycles. The molecule has 0 bridgehead atoms. The van der Waals surface area contributed by atoms with Crippen LogP contribution in [0.3, 0.4) is 0 Å². The average molecular weight is 247 g/mol. The van der Waals surface area contributed by atoms with Gasteiger partial charge in [0.05, 0.1) is 0 Å². The van der Waals surface area contributed by atoms with Gasteiger partial charge in [0, 0.05) is 19.5 Å². The topological polar surface area (TPSA) is 20.3 Å². The fraction of sp³-hybridized carbons (Fsp3) is 0.688. The summed E-state index contributed by atoms with van der Waals surface area (Å²) >= 11 is 0. The molecule has 2 nitrogen and oxygen atoms in total. The standard InChI is InChI=1S/C16H25NO/c1-12-6-7-14(13(2)11-12)5-4-10-17(3)16(18)15-8-9-15/h4-5,11,13-15H,6-10H2,1-3H3. The zero-order valence-electron chi connectivity index (χ0n) is 11.9. The quantitative estimate of drug-likeness (QED) is 0.697. The van der Waals surface area contributed by atoms with Gasteiger partial charge < -0.3 is 4.90 Å². The SMILES string of the molecule is CC1=CC(C)C(C=CCN(C)C(=O)C2CC2)CC1. The second-order valence-electron chi connectivity index (χ2n) is 6.00. The lowest BCUT2D eigenvalue weighted by atomic mass is 9.82. The number of carbonyl (C=O) groups is 1. The van der Waals surface area contributed by atoms with Crippen LogP contribution >= 0.6 is 0 Å². The summed E-state index contributed by atoms with van der Waals surface area (Å²) in [6.45, 7) is 5.27. The highest BCUT2D eigenvalue weighted by atomic mass is 16.2. The molecule has 2 heteroatoms. The second kappa shape index (κ2) is 5.73. The first-order valence-corrected chi connectivity index (χ1v) is 7.17. The van der Waals surface area contributed by atoms with Crippen molar-refractivity contribution in [3.8, 4) is 0 Å².